The summed E-state index contributed by atoms with van der Waals surface area (Å²) in [5.41, 5.74) is 1.23. The molecule has 0 spiro atoms. The molecule has 2 heterocycles. The highest BCUT2D eigenvalue weighted by molar-refractivity contribution is 5.30. The van der Waals surface area contributed by atoms with Gasteiger partial charge in [-0.2, -0.15) is 0 Å². The lowest BCUT2D eigenvalue weighted by atomic mass is 10.1. The van der Waals surface area contributed by atoms with Gasteiger partial charge in [-0.25, -0.2) is 9.97 Å². The van der Waals surface area contributed by atoms with E-state index in [1.165, 1.54) is 5.56 Å². The minimum absolute atomic E-state index is 0.659. The lowest BCUT2D eigenvalue weighted by molar-refractivity contribution is 0.642. The van der Waals surface area contributed by atoms with Gasteiger partial charge in [0, 0.05) is 32.0 Å². The highest BCUT2D eigenvalue weighted by atomic mass is 15.3. The van der Waals surface area contributed by atoms with Gasteiger partial charge in [0.1, 0.15) is 0 Å². The molecule has 0 saturated carbocycles. The van der Waals surface area contributed by atoms with Crippen LogP contribution in [0.25, 0.3) is 0 Å². The minimum Gasteiger partial charge on any atom is -0.340 e. The van der Waals surface area contributed by atoms with Crippen LogP contribution in [0.3, 0.4) is 0 Å². The van der Waals surface area contributed by atoms with Gasteiger partial charge in [-0.1, -0.05) is 13.8 Å². The summed E-state index contributed by atoms with van der Waals surface area (Å²) in [7, 11) is 0. The maximum atomic E-state index is 4.48. The molecule has 1 fully saturated rings. The molecule has 1 N–H and O–H groups in total. The molecule has 0 amide bonds. The number of anilines is 1. The van der Waals surface area contributed by atoms with E-state index >= 15 is 0 Å². The molecule has 0 radical (unpaired) electrons. The maximum absolute atomic E-state index is 4.48. The number of rotatable bonds is 3. The van der Waals surface area contributed by atoms with E-state index in [1.807, 2.05) is 12.4 Å². The quantitative estimate of drug-likeness (QED) is 0.860. The summed E-state index contributed by atoms with van der Waals surface area (Å²) < 4.78 is 0. The molecule has 4 nitrogen and oxygen atoms in total. The zero-order valence-electron chi connectivity index (χ0n) is 10.8. The molecule has 94 valence electrons. The third-order valence-electron chi connectivity index (χ3n) is 2.96. The van der Waals surface area contributed by atoms with Crippen LogP contribution in [0.5, 0.6) is 0 Å². The molecule has 1 aliphatic heterocycles. The number of hydrogen-bond acceptors (Lipinski definition) is 4. The molecule has 0 atom stereocenters. The molecule has 1 aliphatic rings. The molecular weight excluding hydrogens is 212 g/mol. The van der Waals surface area contributed by atoms with E-state index in [0.717, 1.165) is 45.0 Å². The number of nitrogens with one attached hydrogen (secondary N) is 1. The lowest BCUT2D eigenvalue weighted by Gasteiger charge is -2.19. The molecular formula is C13H22N4. The van der Waals surface area contributed by atoms with Crippen molar-refractivity contribution < 1.29 is 0 Å². The summed E-state index contributed by atoms with van der Waals surface area (Å²) in [4.78, 5) is 11.2. The van der Waals surface area contributed by atoms with E-state index in [-0.39, 0.29) is 0 Å². The molecule has 0 bridgehead atoms. The van der Waals surface area contributed by atoms with Gasteiger partial charge in [-0.05, 0) is 30.9 Å². The normalized spacial score (nSPS) is 17.2. The molecule has 1 saturated heterocycles. The van der Waals surface area contributed by atoms with Crippen LogP contribution in [0.1, 0.15) is 25.8 Å². The largest absolute Gasteiger partial charge is 0.340 e. The van der Waals surface area contributed by atoms with E-state index in [1.54, 1.807) is 0 Å². The fourth-order valence-electron chi connectivity index (χ4n) is 2.13. The summed E-state index contributed by atoms with van der Waals surface area (Å²) in [6.07, 6.45) is 6.17. The Kier molecular flexibility index (Phi) is 4.31. The first-order chi connectivity index (χ1) is 8.25. The maximum Gasteiger partial charge on any atom is 0.225 e. The lowest BCUT2D eigenvalue weighted by Crippen LogP contribution is -2.29. The standard InChI is InChI=1S/C13H22N4/c1-11(2)8-12-9-15-13(16-10-12)17-6-3-4-14-5-7-17/h9-11,14H,3-8H2,1-2H3. The van der Waals surface area contributed by atoms with Gasteiger partial charge >= 0.3 is 0 Å². The third-order valence-corrected chi connectivity index (χ3v) is 2.96. The number of aromatic nitrogens is 2. The second-order valence-corrected chi connectivity index (χ2v) is 5.08. The summed E-state index contributed by atoms with van der Waals surface area (Å²) in [6.45, 7) is 8.61. The van der Waals surface area contributed by atoms with Crippen molar-refractivity contribution in [1.82, 2.24) is 15.3 Å². The molecule has 1 aromatic heterocycles. The first kappa shape index (κ1) is 12.3. The first-order valence-electron chi connectivity index (χ1n) is 6.52. The zero-order chi connectivity index (χ0) is 12.1. The second kappa shape index (κ2) is 5.96. The molecule has 4 heteroatoms. The van der Waals surface area contributed by atoms with Gasteiger partial charge in [0.25, 0.3) is 0 Å². The van der Waals surface area contributed by atoms with Gasteiger partial charge in [0.05, 0.1) is 0 Å². The Balaban J connectivity index is 2.00. The zero-order valence-corrected chi connectivity index (χ0v) is 10.8. The fraction of sp³-hybridized carbons (Fsp3) is 0.692. The predicted molar refractivity (Wildman–Crippen MR) is 70.3 cm³/mol. The van der Waals surface area contributed by atoms with Crippen LogP contribution in [-0.2, 0) is 6.42 Å². The van der Waals surface area contributed by atoms with Crippen molar-refractivity contribution in [3.63, 3.8) is 0 Å². The van der Waals surface area contributed by atoms with Gasteiger partial charge in [0.15, 0.2) is 0 Å². The Morgan fingerprint density at radius 2 is 2.00 bits per heavy atom. The molecule has 0 aromatic carbocycles. The topological polar surface area (TPSA) is 41.1 Å². The predicted octanol–water partition coefficient (Wildman–Crippen LogP) is 1.47. The van der Waals surface area contributed by atoms with Gasteiger partial charge < -0.3 is 10.2 Å². The van der Waals surface area contributed by atoms with E-state index in [9.17, 15) is 0 Å². The fourth-order valence-corrected chi connectivity index (χ4v) is 2.13. The van der Waals surface area contributed by atoms with Crippen LogP contribution >= 0.6 is 0 Å². The van der Waals surface area contributed by atoms with Gasteiger partial charge in [-0.3, -0.25) is 0 Å². The van der Waals surface area contributed by atoms with E-state index in [4.69, 9.17) is 0 Å². The Morgan fingerprint density at radius 1 is 1.24 bits per heavy atom. The van der Waals surface area contributed by atoms with Crippen molar-refractivity contribution in [1.29, 1.82) is 0 Å². The van der Waals surface area contributed by atoms with Crippen LogP contribution in [0, 0.1) is 5.92 Å². The number of hydrogen-bond donors (Lipinski definition) is 1. The van der Waals surface area contributed by atoms with Crippen molar-refractivity contribution in [2.24, 2.45) is 5.92 Å². The Labute approximate surface area is 103 Å². The highest BCUT2D eigenvalue weighted by Gasteiger charge is 2.11. The van der Waals surface area contributed by atoms with Crippen molar-refractivity contribution >= 4 is 5.95 Å². The molecule has 17 heavy (non-hydrogen) atoms. The SMILES string of the molecule is CC(C)Cc1cnc(N2CCCNCC2)nc1. The van der Waals surface area contributed by atoms with Gasteiger partial charge in [-0.15, -0.1) is 0 Å². The smallest absolute Gasteiger partial charge is 0.225 e. The van der Waals surface area contributed by atoms with Gasteiger partial charge in [0.2, 0.25) is 5.95 Å². The summed E-state index contributed by atoms with van der Waals surface area (Å²) in [5, 5.41) is 3.39. The summed E-state index contributed by atoms with van der Waals surface area (Å²) in [6, 6.07) is 0. The average Bonchev–Trinajstić information content (AvgIpc) is 2.58. The Morgan fingerprint density at radius 3 is 2.71 bits per heavy atom. The van der Waals surface area contributed by atoms with E-state index < -0.39 is 0 Å². The summed E-state index contributed by atoms with van der Waals surface area (Å²) in [5.74, 6) is 1.54. The molecule has 0 unspecified atom stereocenters. The van der Waals surface area contributed by atoms with Crippen LogP contribution in [0.2, 0.25) is 0 Å². The van der Waals surface area contributed by atoms with Crippen molar-refractivity contribution in [3.8, 4) is 0 Å². The molecule has 1 aromatic rings. The number of nitrogens with zero attached hydrogens (tertiary/aromatic N) is 3. The van der Waals surface area contributed by atoms with E-state index in [0.29, 0.717) is 5.92 Å². The van der Waals surface area contributed by atoms with Crippen LogP contribution in [0.4, 0.5) is 5.95 Å². The summed E-state index contributed by atoms with van der Waals surface area (Å²) >= 11 is 0. The van der Waals surface area contributed by atoms with E-state index in [2.05, 4.69) is 34.0 Å². The van der Waals surface area contributed by atoms with Crippen LogP contribution in [-0.4, -0.2) is 36.1 Å². The monoisotopic (exact) mass is 234 g/mol. The first-order valence-corrected chi connectivity index (χ1v) is 6.52. The van der Waals surface area contributed by atoms with Crippen LogP contribution < -0.4 is 10.2 Å². The third kappa shape index (κ3) is 3.66. The van der Waals surface area contributed by atoms with Crippen molar-refractivity contribution in [3.05, 3.63) is 18.0 Å². The van der Waals surface area contributed by atoms with Crippen LogP contribution in [0.15, 0.2) is 12.4 Å². The van der Waals surface area contributed by atoms with Crippen molar-refractivity contribution in [2.75, 3.05) is 31.1 Å². The molecule has 0 aliphatic carbocycles. The molecule has 2 rings (SSSR count). The Hall–Kier alpha value is -1.16. The minimum atomic E-state index is 0.659. The Bertz CT molecular complexity index is 326. The second-order valence-electron chi connectivity index (χ2n) is 5.08. The highest BCUT2D eigenvalue weighted by Crippen LogP contribution is 2.11. The average molecular weight is 234 g/mol. The van der Waals surface area contributed by atoms with Crippen molar-refractivity contribution in [2.45, 2.75) is 26.7 Å².